The summed E-state index contributed by atoms with van der Waals surface area (Å²) in [5.41, 5.74) is 2.40. The highest BCUT2D eigenvalue weighted by molar-refractivity contribution is 5.94. The predicted octanol–water partition coefficient (Wildman–Crippen LogP) is 3.74. The average Bonchev–Trinajstić information content (AvgIpc) is 2.63. The summed E-state index contributed by atoms with van der Waals surface area (Å²) in [5, 5.41) is 0. The van der Waals surface area contributed by atoms with Gasteiger partial charge in [-0.15, -0.1) is 0 Å². The Hall–Kier alpha value is -2.27. The molecule has 5 heteroatoms. The smallest absolute Gasteiger partial charge is 0.254 e. The number of rotatable bonds is 3. The molecule has 1 aliphatic rings. The number of aryl methyl sites for hydroxylation is 1. The lowest BCUT2D eigenvalue weighted by Gasteiger charge is -2.33. The van der Waals surface area contributed by atoms with Crippen LogP contribution in [0.5, 0.6) is 0 Å². The fourth-order valence-electron chi connectivity index (χ4n) is 2.82. The molecule has 0 aromatic heterocycles. The molecule has 0 bridgehead atoms. The first-order valence-electron chi connectivity index (χ1n) is 8.03. The van der Waals surface area contributed by atoms with Crippen LogP contribution in [-0.2, 0) is 11.2 Å². The zero-order chi connectivity index (χ0) is 17.1. The molecule has 1 fully saturated rings. The van der Waals surface area contributed by atoms with Crippen LogP contribution in [0.1, 0.15) is 34.5 Å². The van der Waals surface area contributed by atoms with E-state index in [4.69, 9.17) is 4.74 Å². The lowest BCUT2D eigenvalue weighted by atomic mass is 10.0. The van der Waals surface area contributed by atoms with Gasteiger partial charge in [0.2, 0.25) is 0 Å². The van der Waals surface area contributed by atoms with Gasteiger partial charge in [-0.2, -0.15) is 0 Å². The molecule has 1 heterocycles. The first-order chi connectivity index (χ1) is 11.6. The first-order valence-corrected chi connectivity index (χ1v) is 8.03. The van der Waals surface area contributed by atoms with Crippen molar-refractivity contribution in [1.29, 1.82) is 0 Å². The molecule has 1 unspecified atom stereocenters. The van der Waals surface area contributed by atoms with Gasteiger partial charge in [0, 0.05) is 12.1 Å². The van der Waals surface area contributed by atoms with E-state index in [1.54, 1.807) is 4.90 Å². The van der Waals surface area contributed by atoms with E-state index in [0.717, 1.165) is 24.1 Å². The standard InChI is InChI=1S/C19H19F2NO2/c1-2-13-3-5-14(6-4-13)18-12-22(9-10-24-18)19(23)15-7-8-16(20)17(21)11-15/h3-8,11,18H,2,9-10,12H2,1H3. The molecule has 0 N–H and O–H groups in total. The Kier molecular flexibility index (Phi) is 4.90. The second-order valence-corrected chi connectivity index (χ2v) is 5.83. The largest absolute Gasteiger partial charge is 0.370 e. The second-order valence-electron chi connectivity index (χ2n) is 5.83. The van der Waals surface area contributed by atoms with Crippen molar-refractivity contribution in [3.63, 3.8) is 0 Å². The van der Waals surface area contributed by atoms with E-state index >= 15 is 0 Å². The summed E-state index contributed by atoms with van der Waals surface area (Å²) < 4.78 is 32.1. The van der Waals surface area contributed by atoms with Crippen LogP contribution < -0.4 is 0 Å². The van der Waals surface area contributed by atoms with E-state index in [-0.39, 0.29) is 17.6 Å². The summed E-state index contributed by atoms with van der Waals surface area (Å²) in [4.78, 5) is 14.1. The van der Waals surface area contributed by atoms with Gasteiger partial charge in [0.25, 0.3) is 5.91 Å². The van der Waals surface area contributed by atoms with Crippen molar-refractivity contribution < 1.29 is 18.3 Å². The number of carbonyl (C=O) groups is 1. The molecule has 2 aromatic carbocycles. The SMILES string of the molecule is CCc1ccc(C2CN(C(=O)c3ccc(F)c(F)c3)CCO2)cc1. The zero-order valence-corrected chi connectivity index (χ0v) is 13.5. The number of amides is 1. The van der Waals surface area contributed by atoms with Crippen LogP contribution in [0.3, 0.4) is 0 Å². The molecule has 2 aromatic rings. The van der Waals surface area contributed by atoms with Crippen LogP contribution >= 0.6 is 0 Å². The van der Waals surface area contributed by atoms with E-state index in [2.05, 4.69) is 19.1 Å². The van der Waals surface area contributed by atoms with Gasteiger partial charge in [-0.3, -0.25) is 4.79 Å². The van der Waals surface area contributed by atoms with Crippen LogP contribution in [0.25, 0.3) is 0 Å². The number of morpholine rings is 1. The zero-order valence-electron chi connectivity index (χ0n) is 13.5. The van der Waals surface area contributed by atoms with Crippen LogP contribution in [0.2, 0.25) is 0 Å². The van der Waals surface area contributed by atoms with Crippen LogP contribution in [0.4, 0.5) is 8.78 Å². The van der Waals surface area contributed by atoms with Gasteiger partial charge in [-0.05, 0) is 35.7 Å². The van der Waals surface area contributed by atoms with Crippen molar-refractivity contribution in [2.24, 2.45) is 0 Å². The first kappa shape index (κ1) is 16.6. The Morgan fingerprint density at radius 3 is 2.58 bits per heavy atom. The van der Waals surface area contributed by atoms with E-state index in [0.29, 0.717) is 19.7 Å². The van der Waals surface area contributed by atoms with Gasteiger partial charge < -0.3 is 9.64 Å². The third-order valence-corrected chi connectivity index (χ3v) is 4.28. The Balaban J connectivity index is 1.74. The monoisotopic (exact) mass is 331 g/mol. The molecular weight excluding hydrogens is 312 g/mol. The van der Waals surface area contributed by atoms with Crippen molar-refractivity contribution in [2.45, 2.75) is 19.4 Å². The van der Waals surface area contributed by atoms with Crippen LogP contribution in [-0.4, -0.2) is 30.5 Å². The summed E-state index contributed by atoms with van der Waals surface area (Å²) in [6.07, 6.45) is 0.755. The molecule has 0 spiro atoms. The van der Waals surface area contributed by atoms with E-state index < -0.39 is 11.6 Å². The Labute approximate surface area is 139 Å². The lowest BCUT2D eigenvalue weighted by Crippen LogP contribution is -2.42. The van der Waals surface area contributed by atoms with E-state index in [1.807, 2.05) is 12.1 Å². The number of hydrogen-bond donors (Lipinski definition) is 0. The van der Waals surface area contributed by atoms with Gasteiger partial charge in [-0.1, -0.05) is 31.2 Å². The molecule has 0 radical (unpaired) electrons. The number of ether oxygens (including phenoxy) is 1. The predicted molar refractivity (Wildman–Crippen MR) is 86.8 cm³/mol. The number of halogens is 2. The molecule has 1 atom stereocenters. The Morgan fingerprint density at radius 2 is 1.92 bits per heavy atom. The van der Waals surface area contributed by atoms with Crippen molar-refractivity contribution in [1.82, 2.24) is 4.90 Å². The Morgan fingerprint density at radius 1 is 1.17 bits per heavy atom. The van der Waals surface area contributed by atoms with Crippen molar-refractivity contribution in [3.8, 4) is 0 Å². The molecule has 126 valence electrons. The third kappa shape index (κ3) is 3.46. The number of carbonyl (C=O) groups excluding carboxylic acids is 1. The fourth-order valence-corrected chi connectivity index (χ4v) is 2.82. The molecule has 1 aliphatic heterocycles. The van der Waals surface area contributed by atoms with E-state index in [9.17, 15) is 13.6 Å². The fraction of sp³-hybridized carbons (Fsp3) is 0.316. The Bertz CT molecular complexity index is 731. The molecule has 1 amide bonds. The number of hydrogen-bond acceptors (Lipinski definition) is 2. The lowest BCUT2D eigenvalue weighted by molar-refractivity contribution is -0.0228. The molecule has 3 rings (SSSR count). The minimum atomic E-state index is -1.01. The molecular formula is C19H19F2NO2. The number of benzene rings is 2. The van der Waals surface area contributed by atoms with Gasteiger partial charge in [0.05, 0.1) is 13.2 Å². The highest BCUT2D eigenvalue weighted by Gasteiger charge is 2.26. The highest BCUT2D eigenvalue weighted by atomic mass is 19.2. The summed E-state index contributed by atoms with van der Waals surface area (Å²) in [6.45, 7) is 3.33. The van der Waals surface area contributed by atoms with Crippen molar-refractivity contribution in [3.05, 3.63) is 70.8 Å². The van der Waals surface area contributed by atoms with Crippen molar-refractivity contribution >= 4 is 5.91 Å². The number of nitrogens with zero attached hydrogens (tertiary/aromatic N) is 1. The topological polar surface area (TPSA) is 29.5 Å². The quantitative estimate of drug-likeness (QED) is 0.857. The summed E-state index contributed by atoms with van der Waals surface area (Å²) in [5.74, 6) is -2.28. The summed E-state index contributed by atoms with van der Waals surface area (Å²) >= 11 is 0. The van der Waals surface area contributed by atoms with Gasteiger partial charge in [-0.25, -0.2) is 8.78 Å². The van der Waals surface area contributed by atoms with Crippen molar-refractivity contribution in [2.75, 3.05) is 19.7 Å². The van der Waals surface area contributed by atoms with Gasteiger partial charge >= 0.3 is 0 Å². The maximum absolute atomic E-state index is 13.3. The third-order valence-electron chi connectivity index (χ3n) is 4.28. The summed E-state index contributed by atoms with van der Waals surface area (Å²) in [7, 11) is 0. The maximum atomic E-state index is 13.3. The van der Waals surface area contributed by atoms with Crippen LogP contribution in [0, 0.1) is 11.6 Å². The van der Waals surface area contributed by atoms with Crippen LogP contribution in [0.15, 0.2) is 42.5 Å². The average molecular weight is 331 g/mol. The normalized spacial score (nSPS) is 17.8. The van der Waals surface area contributed by atoms with E-state index in [1.165, 1.54) is 11.6 Å². The second kappa shape index (κ2) is 7.09. The molecule has 1 saturated heterocycles. The molecule has 3 nitrogen and oxygen atoms in total. The highest BCUT2D eigenvalue weighted by Crippen LogP contribution is 2.24. The molecule has 0 aliphatic carbocycles. The molecule has 24 heavy (non-hydrogen) atoms. The summed E-state index contributed by atoms with van der Waals surface area (Å²) in [6, 6.07) is 11.3. The van der Waals surface area contributed by atoms with Gasteiger partial charge in [0.1, 0.15) is 6.10 Å². The van der Waals surface area contributed by atoms with Gasteiger partial charge in [0.15, 0.2) is 11.6 Å². The molecule has 0 saturated carbocycles. The minimum Gasteiger partial charge on any atom is -0.370 e. The maximum Gasteiger partial charge on any atom is 0.254 e. The minimum absolute atomic E-state index is 0.149.